The average Bonchev–Trinajstić information content (AvgIpc) is 2.87. The zero-order valence-electron chi connectivity index (χ0n) is 10.2. The van der Waals surface area contributed by atoms with Gasteiger partial charge in [-0.15, -0.1) is 0 Å². The van der Waals surface area contributed by atoms with Crippen LogP contribution in [0.3, 0.4) is 0 Å². The van der Waals surface area contributed by atoms with Crippen molar-refractivity contribution in [2.75, 3.05) is 18.5 Å². The predicted molar refractivity (Wildman–Crippen MR) is 67.1 cm³/mol. The molecule has 1 aromatic rings. The minimum atomic E-state index is -0.774. The zero-order valence-corrected chi connectivity index (χ0v) is 10.2. The molecule has 6 nitrogen and oxygen atoms in total. The van der Waals surface area contributed by atoms with Gasteiger partial charge in [-0.05, 0) is 24.1 Å². The van der Waals surface area contributed by atoms with Crippen LogP contribution in [0, 0.1) is 5.92 Å². The van der Waals surface area contributed by atoms with Crippen molar-refractivity contribution in [1.82, 2.24) is 5.32 Å². The largest absolute Gasteiger partial charge is 0.482 e. The lowest BCUT2D eigenvalue weighted by Crippen LogP contribution is -2.25. The van der Waals surface area contributed by atoms with Crippen molar-refractivity contribution in [3.63, 3.8) is 0 Å². The lowest BCUT2D eigenvalue weighted by atomic mass is 9.99. The maximum absolute atomic E-state index is 11.3. The van der Waals surface area contributed by atoms with Crippen LogP contribution in [-0.4, -0.2) is 30.1 Å². The molecule has 2 unspecified atom stereocenters. The number of rotatable bonds is 2. The number of amides is 1. The summed E-state index contributed by atoms with van der Waals surface area (Å²) in [5, 5.41) is 14.9. The predicted octanol–water partition coefficient (Wildman–Crippen LogP) is 0.753. The quantitative estimate of drug-likeness (QED) is 0.732. The molecule has 0 saturated carbocycles. The van der Waals surface area contributed by atoms with Crippen molar-refractivity contribution in [2.24, 2.45) is 5.92 Å². The van der Waals surface area contributed by atoms with E-state index in [2.05, 4.69) is 10.6 Å². The van der Waals surface area contributed by atoms with Crippen LogP contribution in [0.25, 0.3) is 0 Å². The van der Waals surface area contributed by atoms with Gasteiger partial charge >= 0.3 is 5.97 Å². The Morgan fingerprint density at radius 3 is 3.00 bits per heavy atom. The number of hydrogen-bond donors (Lipinski definition) is 3. The van der Waals surface area contributed by atoms with E-state index in [4.69, 9.17) is 9.84 Å². The Bertz CT molecular complexity index is 543. The summed E-state index contributed by atoms with van der Waals surface area (Å²) in [5.41, 5.74) is 1.61. The summed E-state index contributed by atoms with van der Waals surface area (Å²) < 4.78 is 5.29. The summed E-state index contributed by atoms with van der Waals surface area (Å²) in [6.45, 7) is 0.509. The smallest absolute Gasteiger partial charge is 0.307 e. The second kappa shape index (κ2) is 4.55. The van der Waals surface area contributed by atoms with Crippen LogP contribution in [0.4, 0.5) is 5.69 Å². The van der Waals surface area contributed by atoms with Gasteiger partial charge in [0.25, 0.3) is 5.91 Å². The maximum atomic E-state index is 11.3. The van der Waals surface area contributed by atoms with Crippen LogP contribution in [0.1, 0.15) is 18.0 Å². The number of carbonyl (C=O) groups is 2. The summed E-state index contributed by atoms with van der Waals surface area (Å²) in [4.78, 5) is 22.2. The summed E-state index contributed by atoms with van der Waals surface area (Å²) >= 11 is 0. The van der Waals surface area contributed by atoms with Gasteiger partial charge in [0, 0.05) is 12.6 Å². The summed E-state index contributed by atoms with van der Waals surface area (Å²) in [6.07, 6.45) is 0.558. The Labute approximate surface area is 109 Å². The van der Waals surface area contributed by atoms with Crippen LogP contribution in [0.15, 0.2) is 18.2 Å². The Balaban J connectivity index is 1.81. The molecule has 3 N–H and O–H groups in total. The van der Waals surface area contributed by atoms with E-state index in [-0.39, 0.29) is 24.5 Å². The van der Waals surface area contributed by atoms with Crippen molar-refractivity contribution >= 4 is 17.6 Å². The first-order valence-corrected chi connectivity index (χ1v) is 6.16. The molecule has 3 rings (SSSR count). The maximum Gasteiger partial charge on any atom is 0.307 e. The number of hydrogen-bond acceptors (Lipinski definition) is 4. The molecule has 0 radical (unpaired) electrons. The monoisotopic (exact) mass is 262 g/mol. The van der Waals surface area contributed by atoms with Crippen molar-refractivity contribution in [1.29, 1.82) is 0 Å². The van der Waals surface area contributed by atoms with Gasteiger partial charge in [-0.1, -0.05) is 6.07 Å². The van der Waals surface area contributed by atoms with E-state index in [9.17, 15) is 9.59 Å². The molecule has 2 atom stereocenters. The first-order chi connectivity index (χ1) is 9.13. The number of carbonyl (C=O) groups excluding carboxylic acids is 1. The molecule has 2 aliphatic rings. The Morgan fingerprint density at radius 1 is 1.42 bits per heavy atom. The fourth-order valence-electron chi connectivity index (χ4n) is 2.50. The molecular weight excluding hydrogens is 248 g/mol. The van der Waals surface area contributed by atoms with E-state index in [1.54, 1.807) is 6.07 Å². The van der Waals surface area contributed by atoms with Crippen molar-refractivity contribution < 1.29 is 19.4 Å². The van der Waals surface area contributed by atoms with Crippen molar-refractivity contribution in [3.8, 4) is 5.75 Å². The molecule has 100 valence electrons. The van der Waals surface area contributed by atoms with Crippen molar-refractivity contribution in [2.45, 2.75) is 12.5 Å². The molecule has 0 aliphatic carbocycles. The summed E-state index contributed by atoms with van der Waals surface area (Å²) in [7, 11) is 0. The van der Waals surface area contributed by atoms with E-state index in [1.807, 2.05) is 12.1 Å². The van der Waals surface area contributed by atoms with E-state index >= 15 is 0 Å². The number of fused-ring (bicyclic) bond motifs is 1. The van der Waals surface area contributed by atoms with Crippen molar-refractivity contribution in [3.05, 3.63) is 23.8 Å². The van der Waals surface area contributed by atoms with E-state index in [1.165, 1.54) is 0 Å². The highest BCUT2D eigenvalue weighted by Crippen LogP contribution is 2.34. The first kappa shape index (κ1) is 12.0. The number of benzene rings is 1. The molecule has 19 heavy (non-hydrogen) atoms. The molecule has 0 bridgehead atoms. The topological polar surface area (TPSA) is 87.7 Å². The highest BCUT2D eigenvalue weighted by Gasteiger charge is 2.30. The van der Waals surface area contributed by atoms with Gasteiger partial charge < -0.3 is 20.5 Å². The fraction of sp³-hybridized carbons (Fsp3) is 0.385. The number of carboxylic acids is 1. The van der Waals surface area contributed by atoms with Gasteiger partial charge in [0.2, 0.25) is 0 Å². The second-order valence-corrected chi connectivity index (χ2v) is 4.82. The van der Waals surface area contributed by atoms with Gasteiger partial charge in [-0.25, -0.2) is 0 Å². The first-order valence-electron chi connectivity index (χ1n) is 6.16. The van der Waals surface area contributed by atoms with Crippen LogP contribution < -0.4 is 15.4 Å². The highest BCUT2D eigenvalue weighted by atomic mass is 16.5. The third-order valence-corrected chi connectivity index (χ3v) is 3.52. The minimum absolute atomic E-state index is 0.00484. The average molecular weight is 262 g/mol. The van der Waals surface area contributed by atoms with Gasteiger partial charge in [0.15, 0.2) is 6.61 Å². The SMILES string of the molecule is O=C1COc2ccc(C3CC(C(=O)O)CN3)cc2N1. The Hall–Kier alpha value is -2.08. The zero-order chi connectivity index (χ0) is 13.4. The lowest BCUT2D eigenvalue weighted by Gasteiger charge is -2.20. The molecule has 2 aliphatic heterocycles. The molecule has 2 heterocycles. The van der Waals surface area contributed by atoms with Gasteiger partial charge in [0.05, 0.1) is 11.6 Å². The standard InChI is InChI=1S/C13H14N2O4/c16-12-6-19-11-2-1-7(3-10(11)15-12)9-4-8(5-14-9)13(17)18/h1-3,8-9,14H,4-6H2,(H,15,16)(H,17,18). The van der Waals surface area contributed by atoms with Gasteiger partial charge in [-0.2, -0.15) is 0 Å². The number of ether oxygens (including phenoxy) is 1. The van der Waals surface area contributed by atoms with Crippen LogP contribution in [-0.2, 0) is 9.59 Å². The number of anilines is 1. The summed E-state index contributed by atoms with van der Waals surface area (Å²) in [6, 6.07) is 5.55. The fourth-order valence-corrected chi connectivity index (χ4v) is 2.50. The molecule has 0 spiro atoms. The molecule has 1 aromatic carbocycles. The molecule has 0 aromatic heterocycles. The molecule has 1 fully saturated rings. The van der Waals surface area contributed by atoms with Gasteiger partial charge in [0.1, 0.15) is 5.75 Å². The third kappa shape index (κ3) is 2.26. The van der Waals surface area contributed by atoms with Gasteiger partial charge in [-0.3, -0.25) is 9.59 Å². The molecule has 1 saturated heterocycles. The third-order valence-electron chi connectivity index (χ3n) is 3.52. The minimum Gasteiger partial charge on any atom is -0.482 e. The second-order valence-electron chi connectivity index (χ2n) is 4.82. The highest BCUT2D eigenvalue weighted by molar-refractivity contribution is 5.95. The van der Waals surface area contributed by atoms with E-state index in [0.29, 0.717) is 24.4 Å². The Kier molecular flexibility index (Phi) is 2.87. The number of carboxylic acid groups (broad SMARTS) is 1. The van der Waals surface area contributed by atoms with Crippen LogP contribution >= 0.6 is 0 Å². The van der Waals surface area contributed by atoms with E-state index in [0.717, 1.165) is 5.56 Å². The molecule has 1 amide bonds. The molecular formula is C13H14N2O4. The van der Waals surface area contributed by atoms with Crippen LogP contribution in [0.5, 0.6) is 5.75 Å². The summed E-state index contributed by atoms with van der Waals surface area (Å²) in [5.74, 6) is -0.653. The van der Waals surface area contributed by atoms with E-state index < -0.39 is 5.97 Å². The molecule has 6 heteroatoms. The van der Waals surface area contributed by atoms with Crippen LogP contribution in [0.2, 0.25) is 0 Å². The lowest BCUT2D eigenvalue weighted by molar-refractivity contribution is -0.141. The number of nitrogens with one attached hydrogen (secondary N) is 2. The normalized spacial score (nSPS) is 25.4. The Morgan fingerprint density at radius 2 is 2.26 bits per heavy atom. The number of aliphatic carboxylic acids is 1.